The topological polar surface area (TPSA) is 38.5 Å². The van der Waals surface area contributed by atoms with Gasteiger partial charge in [-0.1, -0.05) is 24.3 Å². The first kappa shape index (κ1) is 14.7. The zero-order valence-electron chi connectivity index (χ0n) is 12.3. The highest BCUT2D eigenvalue weighted by molar-refractivity contribution is 9.10. The first-order valence-corrected chi connectivity index (χ1v) is 7.59. The Balaban J connectivity index is 2.01. The highest BCUT2D eigenvalue weighted by atomic mass is 79.9. The largest absolute Gasteiger partial charge is 0.449 e. The van der Waals surface area contributed by atoms with E-state index in [0.717, 1.165) is 15.6 Å². The Morgan fingerprint density at radius 3 is 2.59 bits per heavy atom. The number of benzene rings is 2. The Bertz CT molecular complexity index is 791. The van der Waals surface area contributed by atoms with Crippen LogP contribution in [0.3, 0.4) is 0 Å². The molecule has 0 aliphatic rings. The number of para-hydroxylation sites is 3. The predicted octanol–water partition coefficient (Wildman–Crippen LogP) is 4.53. The van der Waals surface area contributed by atoms with Gasteiger partial charge in [-0.3, -0.25) is 0 Å². The van der Waals surface area contributed by atoms with E-state index in [1.807, 2.05) is 73.7 Å². The third kappa shape index (κ3) is 3.14. The molecule has 3 rings (SSSR count). The van der Waals surface area contributed by atoms with Crippen LogP contribution < -0.4 is 4.74 Å². The van der Waals surface area contributed by atoms with Crippen molar-refractivity contribution in [3.05, 3.63) is 65.1 Å². The lowest BCUT2D eigenvalue weighted by atomic mass is 10.3. The van der Waals surface area contributed by atoms with Crippen molar-refractivity contribution in [1.82, 2.24) is 9.88 Å². The molecule has 112 valence electrons. The number of halogens is 1. The molecule has 4 nitrogen and oxygen atoms in total. The minimum atomic E-state index is 0.450. The van der Waals surface area contributed by atoms with Crippen molar-refractivity contribution in [3.8, 4) is 5.75 Å². The van der Waals surface area contributed by atoms with Crippen molar-refractivity contribution in [2.24, 2.45) is 0 Å². The predicted molar refractivity (Wildman–Crippen MR) is 90.4 cm³/mol. The molecule has 0 saturated carbocycles. The van der Waals surface area contributed by atoms with Gasteiger partial charge < -0.3 is 14.1 Å². The summed E-state index contributed by atoms with van der Waals surface area (Å²) in [4.78, 5) is 6.38. The summed E-state index contributed by atoms with van der Waals surface area (Å²) in [6, 6.07) is 15.3. The maximum Gasteiger partial charge on any atom is 0.265 e. The summed E-state index contributed by atoms with van der Waals surface area (Å²) < 4.78 is 12.7. The van der Waals surface area contributed by atoms with Crippen LogP contribution in [-0.2, 0) is 0 Å². The van der Waals surface area contributed by atoms with E-state index >= 15 is 0 Å². The summed E-state index contributed by atoms with van der Waals surface area (Å²) >= 11 is 3.48. The van der Waals surface area contributed by atoms with E-state index in [1.54, 1.807) is 0 Å². The van der Waals surface area contributed by atoms with Crippen molar-refractivity contribution < 1.29 is 9.15 Å². The standard InChI is InChI=1S/C17H15BrN2O2/c1-20(2)11-16(21-14-9-5-3-7-12(14)18)17-19-13-8-4-6-10-15(13)22-17/h3-11H,1-2H3/b16-11-. The molecule has 2 aromatic carbocycles. The summed E-state index contributed by atoms with van der Waals surface area (Å²) in [7, 11) is 3.85. The number of hydrogen-bond acceptors (Lipinski definition) is 4. The van der Waals surface area contributed by atoms with Crippen molar-refractivity contribution in [1.29, 1.82) is 0 Å². The first-order valence-electron chi connectivity index (χ1n) is 6.80. The molecular weight excluding hydrogens is 344 g/mol. The van der Waals surface area contributed by atoms with Crippen LogP contribution in [0.15, 0.2) is 63.6 Å². The average Bonchev–Trinajstić information content (AvgIpc) is 2.92. The van der Waals surface area contributed by atoms with E-state index < -0.39 is 0 Å². The molecule has 0 aliphatic heterocycles. The van der Waals surface area contributed by atoms with Gasteiger partial charge in [0.1, 0.15) is 11.3 Å². The molecule has 0 radical (unpaired) electrons. The van der Waals surface area contributed by atoms with Crippen LogP contribution in [0.1, 0.15) is 5.89 Å². The average molecular weight is 359 g/mol. The van der Waals surface area contributed by atoms with E-state index in [1.165, 1.54) is 0 Å². The van der Waals surface area contributed by atoms with Gasteiger partial charge in [-0.2, -0.15) is 0 Å². The van der Waals surface area contributed by atoms with Gasteiger partial charge in [-0.25, -0.2) is 4.98 Å². The van der Waals surface area contributed by atoms with E-state index in [0.29, 0.717) is 17.4 Å². The molecule has 0 fully saturated rings. The maximum atomic E-state index is 5.99. The number of fused-ring (bicyclic) bond motifs is 1. The molecule has 1 aromatic heterocycles. The van der Waals surface area contributed by atoms with Gasteiger partial charge in [0.05, 0.1) is 4.47 Å². The number of oxazole rings is 1. The molecule has 1 heterocycles. The number of aromatic nitrogens is 1. The Morgan fingerprint density at radius 2 is 1.86 bits per heavy atom. The van der Waals surface area contributed by atoms with Gasteiger partial charge in [0.25, 0.3) is 5.89 Å². The molecule has 0 saturated heterocycles. The SMILES string of the molecule is CN(C)/C=C(\Oc1ccccc1Br)c1nc2ccccc2o1. The number of ether oxygens (including phenoxy) is 1. The molecule has 0 amide bonds. The van der Waals surface area contributed by atoms with Crippen molar-refractivity contribution in [2.75, 3.05) is 14.1 Å². The first-order chi connectivity index (χ1) is 10.6. The Hall–Kier alpha value is -2.27. The molecule has 3 aromatic rings. The minimum Gasteiger partial charge on any atom is -0.449 e. The highest BCUT2D eigenvalue weighted by Gasteiger charge is 2.14. The maximum absolute atomic E-state index is 5.99. The van der Waals surface area contributed by atoms with Crippen LogP contribution in [0.25, 0.3) is 16.9 Å². The van der Waals surface area contributed by atoms with Crippen LogP contribution in [-0.4, -0.2) is 24.0 Å². The second-order valence-electron chi connectivity index (χ2n) is 4.98. The van der Waals surface area contributed by atoms with Crippen molar-refractivity contribution in [2.45, 2.75) is 0 Å². The van der Waals surface area contributed by atoms with Crippen LogP contribution in [0.5, 0.6) is 5.75 Å². The van der Waals surface area contributed by atoms with E-state index in [9.17, 15) is 0 Å². The van der Waals surface area contributed by atoms with Gasteiger partial charge in [-0.15, -0.1) is 0 Å². The fraction of sp³-hybridized carbons (Fsp3) is 0.118. The van der Waals surface area contributed by atoms with E-state index in [2.05, 4.69) is 20.9 Å². The van der Waals surface area contributed by atoms with Gasteiger partial charge >= 0.3 is 0 Å². The lowest BCUT2D eigenvalue weighted by molar-refractivity contribution is 0.448. The molecule has 5 heteroatoms. The lowest BCUT2D eigenvalue weighted by Gasteiger charge is -2.12. The van der Waals surface area contributed by atoms with Gasteiger partial charge in [0.15, 0.2) is 5.58 Å². The molecule has 0 N–H and O–H groups in total. The molecule has 0 spiro atoms. The Morgan fingerprint density at radius 1 is 1.14 bits per heavy atom. The zero-order chi connectivity index (χ0) is 15.5. The number of nitrogens with zero attached hydrogens (tertiary/aromatic N) is 2. The summed E-state index contributed by atoms with van der Waals surface area (Å²) in [5, 5.41) is 0. The van der Waals surface area contributed by atoms with Crippen molar-refractivity contribution in [3.63, 3.8) is 0 Å². The third-order valence-electron chi connectivity index (χ3n) is 2.94. The zero-order valence-corrected chi connectivity index (χ0v) is 13.9. The van der Waals surface area contributed by atoms with Crippen LogP contribution in [0.4, 0.5) is 0 Å². The smallest absolute Gasteiger partial charge is 0.265 e. The Kier molecular flexibility index (Phi) is 4.15. The fourth-order valence-electron chi connectivity index (χ4n) is 1.98. The molecule has 22 heavy (non-hydrogen) atoms. The lowest BCUT2D eigenvalue weighted by Crippen LogP contribution is -2.06. The summed E-state index contributed by atoms with van der Waals surface area (Å²) in [6.45, 7) is 0. The molecular formula is C17H15BrN2O2. The Labute approximate surface area is 137 Å². The van der Waals surface area contributed by atoms with Crippen molar-refractivity contribution >= 4 is 32.8 Å². The second kappa shape index (κ2) is 6.23. The number of hydrogen-bond donors (Lipinski definition) is 0. The van der Waals surface area contributed by atoms with E-state index in [4.69, 9.17) is 9.15 Å². The molecule has 0 atom stereocenters. The quantitative estimate of drug-likeness (QED) is 0.642. The summed E-state index contributed by atoms with van der Waals surface area (Å²) in [5.74, 6) is 1.71. The second-order valence-corrected chi connectivity index (χ2v) is 5.83. The normalized spacial score (nSPS) is 11.7. The van der Waals surface area contributed by atoms with E-state index in [-0.39, 0.29) is 0 Å². The fourth-order valence-corrected chi connectivity index (χ4v) is 2.35. The van der Waals surface area contributed by atoms with Gasteiger partial charge in [-0.05, 0) is 40.2 Å². The van der Waals surface area contributed by atoms with Crippen LogP contribution in [0, 0.1) is 0 Å². The number of rotatable bonds is 4. The van der Waals surface area contributed by atoms with Gasteiger partial charge in [0.2, 0.25) is 5.76 Å². The summed E-state index contributed by atoms with van der Waals surface area (Å²) in [6.07, 6.45) is 1.84. The summed E-state index contributed by atoms with van der Waals surface area (Å²) in [5.41, 5.74) is 1.54. The highest BCUT2D eigenvalue weighted by Crippen LogP contribution is 2.29. The van der Waals surface area contributed by atoms with Gasteiger partial charge in [0, 0.05) is 20.3 Å². The minimum absolute atomic E-state index is 0.450. The van der Waals surface area contributed by atoms with Crippen LogP contribution in [0.2, 0.25) is 0 Å². The molecule has 0 bridgehead atoms. The third-order valence-corrected chi connectivity index (χ3v) is 3.59. The molecule has 0 aliphatic carbocycles. The molecule has 0 unspecified atom stereocenters. The monoisotopic (exact) mass is 358 g/mol. The van der Waals surface area contributed by atoms with Crippen LogP contribution >= 0.6 is 15.9 Å².